The molecule has 9 nitrogen and oxygen atoms in total. The molecule has 0 saturated heterocycles. The lowest BCUT2D eigenvalue weighted by Gasteiger charge is -2.18. The lowest BCUT2D eigenvalue weighted by atomic mass is 10.0. The molecule has 1 saturated carbocycles. The quantitative estimate of drug-likeness (QED) is 0.238. The molecule has 4 rings (SSSR count). The van der Waals surface area contributed by atoms with Crippen molar-refractivity contribution in [3.63, 3.8) is 0 Å². The number of halogens is 1. The fourth-order valence-corrected chi connectivity index (χ4v) is 4.36. The van der Waals surface area contributed by atoms with Gasteiger partial charge in [-0.25, -0.2) is 0 Å². The standard InChI is InChI=1S/C25H29ClN6O3/c1-16(12-17-8-9-17)27-14-23-28-29-24(15-30(2)3)31(23)22-11-10-18(32(34)35)13-20(22)25(33)19-6-4-5-7-21(19)26/h4-7,10-11,13,16-17,27H,8-9,12,14-15H2,1-3H3. The monoisotopic (exact) mass is 496 g/mol. The molecule has 10 heteroatoms. The molecule has 0 amide bonds. The molecular formula is C25H29ClN6O3. The van der Waals surface area contributed by atoms with Crippen molar-refractivity contribution in [3.05, 3.63) is 80.4 Å². The number of hydrogen-bond acceptors (Lipinski definition) is 7. The van der Waals surface area contributed by atoms with E-state index < -0.39 is 10.7 Å². The van der Waals surface area contributed by atoms with Crippen LogP contribution in [-0.4, -0.2) is 50.5 Å². The molecule has 3 aromatic rings. The van der Waals surface area contributed by atoms with E-state index in [9.17, 15) is 14.9 Å². The van der Waals surface area contributed by atoms with Gasteiger partial charge in [0.15, 0.2) is 17.4 Å². The molecule has 1 N–H and O–H groups in total. The first-order valence-electron chi connectivity index (χ1n) is 11.6. The third-order valence-electron chi connectivity index (χ3n) is 6.04. The summed E-state index contributed by atoms with van der Waals surface area (Å²) in [6.07, 6.45) is 3.67. The van der Waals surface area contributed by atoms with Crippen LogP contribution in [0.15, 0.2) is 42.5 Å². The van der Waals surface area contributed by atoms with Gasteiger partial charge in [-0.15, -0.1) is 10.2 Å². The van der Waals surface area contributed by atoms with Crippen molar-refractivity contribution in [3.8, 4) is 5.69 Å². The Morgan fingerprint density at radius 1 is 1.20 bits per heavy atom. The Hall–Kier alpha value is -3.14. The Morgan fingerprint density at radius 3 is 2.57 bits per heavy atom. The fraction of sp³-hybridized carbons (Fsp3) is 0.400. The summed E-state index contributed by atoms with van der Waals surface area (Å²) < 4.78 is 1.82. The number of carbonyl (C=O) groups excluding carboxylic acids is 1. The number of non-ortho nitro benzene ring substituents is 1. The van der Waals surface area contributed by atoms with E-state index in [2.05, 4.69) is 22.4 Å². The summed E-state index contributed by atoms with van der Waals surface area (Å²) in [5, 5.41) is 24.1. The number of nitro benzene ring substituents is 1. The minimum Gasteiger partial charge on any atom is -0.307 e. The first-order chi connectivity index (χ1) is 16.7. The molecule has 1 unspecified atom stereocenters. The lowest BCUT2D eigenvalue weighted by Crippen LogP contribution is -2.28. The highest BCUT2D eigenvalue weighted by Crippen LogP contribution is 2.33. The smallest absolute Gasteiger partial charge is 0.270 e. The number of nitrogens with one attached hydrogen (secondary N) is 1. The van der Waals surface area contributed by atoms with Gasteiger partial charge in [-0.3, -0.25) is 19.5 Å². The van der Waals surface area contributed by atoms with Crippen LogP contribution in [0.4, 0.5) is 5.69 Å². The first-order valence-corrected chi connectivity index (χ1v) is 12.0. The average Bonchev–Trinajstić information content (AvgIpc) is 3.55. The first kappa shape index (κ1) is 25.0. The number of nitrogens with zero attached hydrogens (tertiary/aromatic N) is 5. The van der Waals surface area contributed by atoms with Crippen LogP contribution < -0.4 is 5.32 Å². The highest BCUT2D eigenvalue weighted by Gasteiger charge is 2.26. The molecular weight excluding hydrogens is 468 g/mol. The minimum atomic E-state index is -0.512. The average molecular weight is 497 g/mol. The molecule has 1 heterocycles. The van der Waals surface area contributed by atoms with Crippen molar-refractivity contribution < 1.29 is 9.72 Å². The SMILES string of the molecule is CC(CC1CC1)NCc1nnc(CN(C)C)n1-c1ccc([N+](=O)[O-])cc1C(=O)c1ccccc1Cl. The highest BCUT2D eigenvalue weighted by atomic mass is 35.5. The Kier molecular flexibility index (Phi) is 7.59. The summed E-state index contributed by atoms with van der Waals surface area (Å²) >= 11 is 6.31. The molecule has 0 radical (unpaired) electrons. The summed E-state index contributed by atoms with van der Waals surface area (Å²) in [6, 6.07) is 11.3. The summed E-state index contributed by atoms with van der Waals surface area (Å²) in [6.45, 7) is 3.07. The van der Waals surface area contributed by atoms with Gasteiger partial charge in [0.1, 0.15) is 0 Å². The van der Waals surface area contributed by atoms with Gasteiger partial charge in [0.2, 0.25) is 0 Å². The van der Waals surface area contributed by atoms with Crippen molar-refractivity contribution >= 4 is 23.1 Å². The van der Waals surface area contributed by atoms with Crippen LogP contribution >= 0.6 is 11.6 Å². The van der Waals surface area contributed by atoms with Crippen LogP contribution in [0.2, 0.25) is 5.02 Å². The molecule has 1 aromatic heterocycles. The second kappa shape index (κ2) is 10.6. The van der Waals surface area contributed by atoms with Crippen LogP contribution in [0, 0.1) is 16.0 Å². The van der Waals surface area contributed by atoms with Crippen LogP contribution in [-0.2, 0) is 13.1 Å². The van der Waals surface area contributed by atoms with E-state index in [4.69, 9.17) is 11.6 Å². The number of nitro groups is 1. The molecule has 1 fully saturated rings. The van der Waals surface area contributed by atoms with E-state index in [1.165, 1.54) is 25.0 Å². The van der Waals surface area contributed by atoms with Crippen LogP contribution in [0.1, 0.15) is 53.8 Å². The summed E-state index contributed by atoms with van der Waals surface area (Å²) in [7, 11) is 3.83. The predicted octanol–water partition coefficient (Wildman–Crippen LogP) is 4.40. The van der Waals surface area contributed by atoms with Gasteiger partial charge in [0.05, 0.1) is 34.3 Å². The van der Waals surface area contributed by atoms with Crippen molar-refractivity contribution in [2.24, 2.45) is 5.92 Å². The van der Waals surface area contributed by atoms with Crippen molar-refractivity contribution in [1.82, 2.24) is 25.0 Å². The molecule has 1 aliphatic carbocycles. The van der Waals surface area contributed by atoms with Crippen molar-refractivity contribution in [2.75, 3.05) is 14.1 Å². The number of rotatable bonds is 11. The molecule has 1 atom stereocenters. The van der Waals surface area contributed by atoms with E-state index in [1.54, 1.807) is 30.3 Å². The predicted molar refractivity (Wildman–Crippen MR) is 134 cm³/mol. The van der Waals surface area contributed by atoms with Crippen molar-refractivity contribution in [2.45, 2.75) is 45.3 Å². The highest BCUT2D eigenvalue weighted by molar-refractivity contribution is 6.35. The van der Waals surface area contributed by atoms with Crippen molar-refractivity contribution in [1.29, 1.82) is 0 Å². The topological polar surface area (TPSA) is 106 Å². The van der Waals surface area contributed by atoms with E-state index in [-0.39, 0.29) is 21.8 Å². The summed E-state index contributed by atoms with van der Waals surface area (Å²) in [5.41, 5.74) is 0.744. The van der Waals surface area contributed by atoms with Crippen LogP contribution in [0.5, 0.6) is 0 Å². The maximum Gasteiger partial charge on any atom is 0.270 e. The van der Waals surface area contributed by atoms with E-state index in [0.717, 1.165) is 12.3 Å². The van der Waals surface area contributed by atoms with Crippen LogP contribution in [0.25, 0.3) is 5.69 Å². The molecule has 184 valence electrons. The Morgan fingerprint density at radius 2 is 1.91 bits per heavy atom. The Labute approximate surface area is 209 Å². The normalized spacial score (nSPS) is 14.3. The third kappa shape index (κ3) is 5.93. The second-order valence-corrected chi connectivity index (χ2v) is 9.74. The largest absolute Gasteiger partial charge is 0.307 e. The molecule has 0 bridgehead atoms. The number of ketones is 1. The Balaban J connectivity index is 1.79. The van der Waals surface area contributed by atoms with Gasteiger partial charge >= 0.3 is 0 Å². The van der Waals surface area contributed by atoms with Gasteiger partial charge in [0.25, 0.3) is 5.69 Å². The van der Waals surface area contributed by atoms with Gasteiger partial charge < -0.3 is 10.2 Å². The van der Waals surface area contributed by atoms with E-state index in [1.807, 2.05) is 23.6 Å². The van der Waals surface area contributed by atoms with E-state index in [0.29, 0.717) is 36.5 Å². The minimum absolute atomic E-state index is 0.166. The summed E-state index contributed by atoms with van der Waals surface area (Å²) in [5.74, 6) is 1.64. The van der Waals surface area contributed by atoms with Gasteiger partial charge in [-0.2, -0.15) is 0 Å². The van der Waals surface area contributed by atoms with Gasteiger partial charge in [-0.05, 0) is 51.6 Å². The number of hydrogen-bond donors (Lipinski definition) is 1. The molecule has 35 heavy (non-hydrogen) atoms. The molecule has 2 aromatic carbocycles. The lowest BCUT2D eigenvalue weighted by molar-refractivity contribution is -0.384. The zero-order valence-electron chi connectivity index (χ0n) is 20.1. The molecule has 0 spiro atoms. The number of aromatic nitrogens is 3. The summed E-state index contributed by atoms with van der Waals surface area (Å²) in [4.78, 5) is 26.6. The Bertz CT molecular complexity index is 1240. The molecule has 1 aliphatic rings. The maximum atomic E-state index is 13.6. The maximum absolute atomic E-state index is 13.6. The van der Waals surface area contributed by atoms with Gasteiger partial charge in [-0.1, -0.05) is 36.6 Å². The zero-order chi connectivity index (χ0) is 25.1. The fourth-order valence-electron chi connectivity index (χ4n) is 4.14. The van der Waals surface area contributed by atoms with Gasteiger partial charge in [0, 0.05) is 23.7 Å². The van der Waals surface area contributed by atoms with E-state index >= 15 is 0 Å². The third-order valence-corrected chi connectivity index (χ3v) is 6.37. The molecule has 0 aliphatic heterocycles. The number of carbonyl (C=O) groups is 1. The number of benzene rings is 2. The zero-order valence-corrected chi connectivity index (χ0v) is 20.8. The second-order valence-electron chi connectivity index (χ2n) is 9.33. The van der Waals surface area contributed by atoms with Crippen LogP contribution in [0.3, 0.4) is 0 Å².